The van der Waals surface area contributed by atoms with Gasteiger partial charge in [-0.05, 0) is 75.0 Å². The predicted octanol–water partition coefficient (Wildman–Crippen LogP) is 2.08. The number of nitrogens with one attached hydrogen (secondary N) is 2. The molecule has 1 aliphatic carbocycles. The maximum Gasteiger partial charge on any atom is 0.238 e. The van der Waals surface area contributed by atoms with Crippen LogP contribution in [0.5, 0.6) is 0 Å². The van der Waals surface area contributed by atoms with Gasteiger partial charge in [-0.3, -0.25) is 9.69 Å². The SMILES string of the molecule is CNCC1CCN(CC(=O)Nc2ccc3c(c2)CCC3)C1.Cl. The summed E-state index contributed by atoms with van der Waals surface area (Å²) >= 11 is 0. The Kier molecular flexibility index (Phi) is 6.24. The number of carbonyl (C=O) groups excluding carboxylic acids is 1. The van der Waals surface area contributed by atoms with Crippen molar-refractivity contribution < 1.29 is 4.79 Å². The van der Waals surface area contributed by atoms with E-state index in [1.54, 1.807) is 0 Å². The number of rotatable bonds is 5. The fourth-order valence-electron chi connectivity index (χ4n) is 3.56. The first-order chi connectivity index (χ1) is 10.2. The maximum atomic E-state index is 12.2. The van der Waals surface area contributed by atoms with Gasteiger partial charge >= 0.3 is 0 Å². The van der Waals surface area contributed by atoms with Crippen LogP contribution in [0.1, 0.15) is 24.0 Å². The number of halogens is 1. The molecule has 122 valence electrons. The number of hydrogen-bond acceptors (Lipinski definition) is 3. The second-order valence-corrected chi connectivity index (χ2v) is 6.33. The number of amides is 1. The Hall–Kier alpha value is -1.10. The van der Waals surface area contributed by atoms with Gasteiger partial charge in [-0.25, -0.2) is 0 Å². The quantitative estimate of drug-likeness (QED) is 0.872. The molecule has 0 radical (unpaired) electrons. The second kappa shape index (κ2) is 7.95. The molecule has 1 unspecified atom stereocenters. The summed E-state index contributed by atoms with van der Waals surface area (Å²) in [6, 6.07) is 6.35. The number of likely N-dealkylation sites (tertiary alicyclic amines) is 1. The lowest BCUT2D eigenvalue weighted by atomic mass is 10.1. The summed E-state index contributed by atoms with van der Waals surface area (Å²) in [6.07, 6.45) is 4.77. The van der Waals surface area contributed by atoms with Gasteiger partial charge < -0.3 is 10.6 Å². The lowest BCUT2D eigenvalue weighted by molar-refractivity contribution is -0.117. The Balaban J connectivity index is 0.00000176. The summed E-state index contributed by atoms with van der Waals surface area (Å²) in [5.74, 6) is 0.792. The van der Waals surface area contributed by atoms with Crippen molar-refractivity contribution in [2.45, 2.75) is 25.7 Å². The lowest BCUT2D eigenvalue weighted by Crippen LogP contribution is -2.32. The smallest absolute Gasteiger partial charge is 0.238 e. The zero-order chi connectivity index (χ0) is 14.7. The van der Waals surface area contributed by atoms with E-state index in [9.17, 15) is 4.79 Å². The molecule has 5 heteroatoms. The number of nitrogens with zero attached hydrogens (tertiary/aromatic N) is 1. The Labute approximate surface area is 139 Å². The van der Waals surface area contributed by atoms with Gasteiger partial charge in [0, 0.05) is 12.2 Å². The van der Waals surface area contributed by atoms with Gasteiger partial charge in [-0.2, -0.15) is 0 Å². The van der Waals surface area contributed by atoms with Crippen LogP contribution in [0.15, 0.2) is 18.2 Å². The molecule has 1 aromatic rings. The van der Waals surface area contributed by atoms with E-state index in [0.29, 0.717) is 12.5 Å². The van der Waals surface area contributed by atoms with Crippen LogP contribution < -0.4 is 10.6 Å². The molecule has 22 heavy (non-hydrogen) atoms. The molecular formula is C17H26ClN3O. The Morgan fingerprint density at radius 1 is 1.32 bits per heavy atom. The van der Waals surface area contributed by atoms with Crippen molar-refractivity contribution in [2.75, 3.05) is 38.5 Å². The third-order valence-corrected chi connectivity index (χ3v) is 4.61. The molecule has 1 aliphatic heterocycles. The van der Waals surface area contributed by atoms with Gasteiger partial charge in [0.05, 0.1) is 6.54 Å². The van der Waals surface area contributed by atoms with E-state index in [2.05, 4.69) is 27.7 Å². The highest BCUT2D eigenvalue weighted by molar-refractivity contribution is 5.92. The topological polar surface area (TPSA) is 44.4 Å². The first-order valence-electron chi connectivity index (χ1n) is 8.03. The van der Waals surface area contributed by atoms with Gasteiger partial charge in [0.1, 0.15) is 0 Å². The number of anilines is 1. The van der Waals surface area contributed by atoms with Crippen molar-refractivity contribution >= 4 is 24.0 Å². The van der Waals surface area contributed by atoms with E-state index in [1.165, 1.54) is 30.4 Å². The summed E-state index contributed by atoms with van der Waals surface area (Å²) in [6.45, 7) is 3.61. The van der Waals surface area contributed by atoms with Crippen LogP contribution in [0.3, 0.4) is 0 Å². The number of benzene rings is 1. The van der Waals surface area contributed by atoms with E-state index in [4.69, 9.17) is 0 Å². The van der Waals surface area contributed by atoms with Crippen LogP contribution in [-0.4, -0.2) is 44.0 Å². The van der Waals surface area contributed by atoms with E-state index in [0.717, 1.165) is 31.7 Å². The lowest BCUT2D eigenvalue weighted by Gasteiger charge is -2.16. The summed E-state index contributed by atoms with van der Waals surface area (Å²) in [5.41, 5.74) is 3.80. The van der Waals surface area contributed by atoms with E-state index < -0.39 is 0 Å². The molecule has 0 saturated carbocycles. The Morgan fingerprint density at radius 3 is 2.95 bits per heavy atom. The number of carbonyl (C=O) groups is 1. The van der Waals surface area contributed by atoms with Gasteiger partial charge in [-0.15, -0.1) is 12.4 Å². The normalized spacial score (nSPS) is 20.5. The second-order valence-electron chi connectivity index (χ2n) is 6.33. The van der Waals surface area contributed by atoms with Gasteiger partial charge in [0.15, 0.2) is 0 Å². The Morgan fingerprint density at radius 2 is 2.14 bits per heavy atom. The average Bonchev–Trinajstić information content (AvgIpc) is 3.08. The summed E-state index contributed by atoms with van der Waals surface area (Å²) < 4.78 is 0. The first-order valence-corrected chi connectivity index (χ1v) is 8.03. The molecule has 4 nitrogen and oxygen atoms in total. The molecule has 0 aromatic heterocycles. The minimum absolute atomic E-state index is 0. The van der Waals surface area contributed by atoms with Crippen LogP contribution in [0.25, 0.3) is 0 Å². The molecule has 2 aliphatic rings. The summed E-state index contributed by atoms with van der Waals surface area (Å²) in [4.78, 5) is 14.4. The molecule has 0 spiro atoms. The average molecular weight is 324 g/mol. The van der Waals surface area contributed by atoms with Crippen molar-refractivity contribution in [2.24, 2.45) is 5.92 Å². The van der Waals surface area contributed by atoms with Gasteiger partial charge in [-0.1, -0.05) is 6.07 Å². The van der Waals surface area contributed by atoms with Crippen molar-refractivity contribution in [3.8, 4) is 0 Å². The number of hydrogen-bond donors (Lipinski definition) is 2. The molecule has 1 heterocycles. The molecule has 2 N–H and O–H groups in total. The molecule has 1 amide bonds. The van der Waals surface area contributed by atoms with Crippen molar-refractivity contribution in [1.82, 2.24) is 10.2 Å². The maximum absolute atomic E-state index is 12.2. The summed E-state index contributed by atoms with van der Waals surface area (Å²) in [7, 11) is 1.99. The third kappa shape index (κ3) is 4.22. The van der Waals surface area contributed by atoms with Gasteiger partial charge in [0.25, 0.3) is 0 Å². The fraction of sp³-hybridized carbons (Fsp3) is 0.588. The molecule has 1 atom stereocenters. The van der Waals surface area contributed by atoms with E-state index >= 15 is 0 Å². The van der Waals surface area contributed by atoms with Crippen LogP contribution in [0.2, 0.25) is 0 Å². The molecular weight excluding hydrogens is 298 g/mol. The molecule has 1 fully saturated rings. The van der Waals surface area contributed by atoms with Crippen LogP contribution in [0.4, 0.5) is 5.69 Å². The number of aryl methyl sites for hydroxylation is 2. The van der Waals surface area contributed by atoms with Crippen LogP contribution in [-0.2, 0) is 17.6 Å². The Bertz CT molecular complexity index is 521. The van der Waals surface area contributed by atoms with Gasteiger partial charge in [0.2, 0.25) is 5.91 Å². The van der Waals surface area contributed by atoms with E-state index in [1.807, 2.05) is 13.1 Å². The summed E-state index contributed by atoms with van der Waals surface area (Å²) in [5, 5.41) is 6.27. The molecule has 1 saturated heterocycles. The highest BCUT2D eigenvalue weighted by Crippen LogP contribution is 2.25. The zero-order valence-electron chi connectivity index (χ0n) is 13.2. The fourth-order valence-corrected chi connectivity index (χ4v) is 3.56. The first kappa shape index (κ1) is 17.3. The predicted molar refractivity (Wildman–Crippen MR) is 92.8 cm³/mol. The van der Waals surface area contributed by atoms with E-state index in [-0.39, 0.29) is 18.3 Å². The van der Waals surface area contributed by atoms with Crippen molar-refractivity contribution in [3.63, 3.8) is 0 Å². The minimum atomic E-state index is 0. The monoisotopic (exact) mass is 323 g/mol. The molecule has 3 rings (SSSR count). The minimum Gasteiger partial charge on any atom is -0.325 e. The van der Waals surface area contributed by atoms with Crippen LogP contribution >= 0.6 is 12.4 Å². The highest BCUT2D eigenvalue weighted by atomic mass is 35.5. The third-order valence-electron chi connectivity index (χ3n) is 4.61. The van der Waals surface area contributed by atoms with Crippen molar-refractivity contribution in [1.29, 1.82) is 0 Å². The van der Waals surface area contributed by atoms with Crippen LogP contribution in [0, 0.1) is 5.92 Å². The molecule has 0 bridgehead atoms. The highest BCUT2D eigenvalue weighted by Gasteiger charge is 2.23. The number of fused-ring (bicyclic) bond motifs is 1. The van der Waals surface area contributed by atoms with Crippen molar-refractivity contribution in [3.05, 3.63) is 29.3 Å². The standard InChI is InChI=1S/C17H25N3O.ClH/c1-18-10-13-7-8-20(11-13)12-17(21)19-16-6-5-14-3-2-4-15(14)9-16;/h5-6,9,13,18H,2-4,7-8,10-12H2,1H3,(H,19,21);1H. The molecule has 1 aromatic carbocycles. The zero-order valence-corrected chi connectivity index (χ0v) is 14.0. The largest absolute Gasteiger partial charge is 0.325 e.